The minimum absolute atomic E-state index is 0.139. The van der Waals surface area contributed by atoms with Crippen LogP contribution in [0.4, 0.5) is 0 Å². The molecular weight excluding hydrogens is 266 g/mol. The van der Waals surface area contributed by atoms with Crippen molar-refractivity contribution in [2.75, 3.05) is 0 Å². The van der Waals surface area contributed by atoms with Crippen LogP contribution in [0.1, 0.15) is 56.9 Å². The molecule has 0 radical (unpaired) electrons. The van der Waals surface area contributed by atoms with Gasteiger partial charge in [-0.3, -0.25) is 0 Å². The van der Waals surface area contributed by atoms with Gasteiger partial charge in [0.05, 0.1) is 17.2 Å². The smallest absolute Gasteiger partial charge is 0.0954 e. The minimum Gasteiger partial charge on any atom is -0.344 e. The van der Waals surface area contributed by atoms with Crippen LogP contribution in [0.5, 0.6) is 0 Å². The van der Waals surface area contributed by atoms with E-state index in [-0.39, 0.29) is 5.54 Å². The van der Waals surface area contributed by atoms with E-state index in [4.69, 9.17) is 4.98 Å². The van der Waals surface area contributed by atoms with E-state index in [1.54, 1.807) is 11.3 Å². The number of rotatable bonds is 5. The molecule has 0 bridgehead atoms. The highest BCUT2D eigenvalue weighted by Crippen LogP contribution is 2.20. The molecule has 4 heteroatoms. The topological polar surface area (TPSA) is 29.9 Å². The molecule has 0 aromatic carbocycles. The van der Waals surface area contributed by atoms with Crippen molar-refractivity contribution in [1.29, 1.82) is 0 Å². The molecule has 2 aromatic rings. The summed E-state index contributed by atoms with van der Waals surface area (Å²) in [5, 5.41) is 6.94. The summed E-state index contributed by atoms with van der Waals surface area (Å²) in [4.78, 5) is 4.71. The van der Waals surface area contributed by atoms with E-state index in [0.717, 1.165) is 18.8 Å². The largest absolute Gasteiger partial charge is 0.344 e. The van der Waals surface area contributed by atoms with Gasteiger partial charge in [-0.05, 0) is 32.9 Å². The van der Waals surface area contributed by atoms with Crippen LogP contribution in [0, 0.1) is 0 Å². The number of nitrogens with one attached hydrogen (secondary N) is 1. The van der Waals surface area contributed by atoms with Crippen LogP contribution in [-0.4, -0.2) is 15.1 Å². The second-order valence-electron chi connectivity index (χ2n) is 6.56. The number of nitrogens with zero attached hydrogens (tertiary/aromatic N) is 2. The van der Waals surface area contributed by atoms with Gasteiger partial charge in [0.15, 0.2) is 0 Å². The normalized spacial score (nSPS) is 12.3. The van der Waals surface area contributed by atoms with Crippen molar-refractivity contribution < 1.29 is 0 Å². The van der Waals surface area contributed by atoms with Crippen molar-refractivity contribution >= 4 is 11.3 Å². The summed E-state index contributed by atoms with van der Waals surface area (Å²) in [5.74, 6) is 0.514. The van der Waals surface area contributed by atoms with Gasteiger partial charge in [0.2, 0.25) is 0 Å². The highest BCUT2D eigenvalue weighted by Gasteiger charge is 2.11. The number of hydrogen-bond donors (Lipinski definition) is 1. The lowest BCUT2D eigenvalue weighted by Crippen LogP contribution is -2.35. The monoisotopic (exact) mass is 291 g/mol. The van der Waals surface area contributed by atoms with Gasteiger partial charge in [-0.2, -0.15) is 0 Å². The first kappa shape index (κ1) is 15.3. The Hall–Kier alpha value is -1.13. The molecule has 3 nitrogen and oxygen atoms in total. The fraction of sp³-hybridized carbons (Fsp3) is 0.562. The number of aromatic nitrogens is 2. The summed E-state index contributed by atoms with van der Waals surface area (Å²) in [6.07, 6.45) is 2.13. The molecule has 2 rings (SSSR count). The number of hydrogen-bond acceptors (Lipinski definition) is 3. The molecule has 0 aliphatic rings. The Balaban J connectivity index is 2.04. The molecule has 0 unspecified atom stereocenters. The Morgan fingerprint density at radius 2 is 2.10 bits per heavy atom. The zero-order valence-electron chi connectivity index (χ0n) is 13.1. The van der Waals surface area contributed by atoms with Crippen LogP contribution in [0.25, 0.3) is 0 Å². The van der Waals surface area contributed by atoms with Crippen molar-refractivity contribution in [3.63, 3.8) is 0 Å². The molecule has 0 saturated carbocycles. The average Bonchev–Trinajstić information content (AvgIpc) is 2.95. The van der Waals surface area contributed by atoms with Gasteiger partial charge < -0.3 is 9.88 Å². The zero-order valence-corrected chi connectivity index (χ0v) is 13.9. The molecular formula is C16H25N3S. The van der Waals surface area contributed by atoms with Crippen LogP contribution in [0.2, 0.25) is 0 Å². The average molecular weight is 291 g/mol. The standard InChI is InChI=1S/C16H25N3S/c1-12(2)15-18-13(11-20-15)10-19-8-6-7-14(19)9-17-16(3,4)5/h6-8,11-12,17H,9-10H2,1-5H3. The Bertz CT molecular complexity index is 546. The molecule has 0 saturated heterocycles. The molecule has 0 atom stereocenters. The maximum atomic E-state index is 4.71. The van der Waals surface area contributed by atoms with E-state index >= 15 is 0 Å². The molecule has 0 amide bonds. The summed E-state index contributed by atoms with van der Waals surface area (Å²) < 4.78 is 2.28. The van der Waals surface area contributed by atoms with Crippen molar-refractivity contribution in [3.8, 4) is 0 Å². The second kappa shape index (κ2) is 6.10. The van der Waals surface area contributed by atoms with E-state index in [1.807, 2.05) is 0 Å². The van der Waals surface area contributed by atoms with Crippen LogP contribution in [-0.2, 0) is 13.1 Å². The zero-order chi connectivity index (χ0) is 14.8. The Kier molecular flexibility index (Phi) is 4.66. The van der Waals surface area contributed by atoms with Crippen molar-refractivity contribution in [3.05, 3.63) is 40.1 Å². The van der Waals surface area contributed by atoms with Gasteiger partial charge in [-0.15, -0.1) is 11.3 Å². The fourth-order valence-corrected chi connectivity index (χ4v) is 2.78. The van der Waals surface area contributed by atoms with Crippen molar-refractivity contribution in [2.24, 2.45) is 0 Å². The first-order valence-electron chi connectivity index (χ1n) is 7.18. The lowest BCUT2D eigenvalue weighted by molar-refractivity contribution is 0.416. The highest BCUT2D eigenvalue weighted by molar-refractivity contribution is 7.09. The maximum absolute atomic E-state index is 4.71. The highest BCUT2D eigenvalue weighted by atomic mass is 32.1. The van der Waals surface area contributed by atoms with Gasteiger partial charge in [0, 0.05) is 35.3 Å². The Morgan fingerprint density at radius 3 is 2.70 bits per heavy atom. The van der Waals surface area contributed by atoms with E-state index < -0.39 is 0 Å². The summed E-state index contributed by atoms with van der Waals surface area (Å²) in [7, 11) is 0. The van der Waals surface area contributed by atoms with E-state index in [2.05, 4.69) is 68.2 Å². The fourth-order valence-electron chi connectivity index (χ4n) is 1.95. The van der Waals surface area contributed by atoms with Gasteiger partial charge in [0.1, 0.15) is 0 Å². The molecule has 0 spiro atoms. The molecule has 110 valence electrons. The third kappa shape index (κ3) is 4.18. The molecule has 0 aliphatic carbocycles. The first-order valence-corrected chi connectivity index (χ1v) is 8.06. The predicted octanol–water partition coefficient (Wildman–Crippen LogP) is 4.00. The van der Waals surface area contributed by atoms with Crippen LogP contribution < -0.4 is 5.32 Å². The predicted molar refractivity (Wildman–Crippen MR) is 86.3 cm³/mol. The summed E-state index contributed by atoms with van der Waals surface area (Å²) in [6, 6.07) is 4.28. The Morgan fingerprint density at radius 1 is 1.35 bits per heavy atom. The third-order valence-corrected chi connectivity index (χ3v) is 4.31. The molecule has 0 fully saturated rings. The molecule has 2 heterocycles. The number of thiazole rings is 1. The molecule has 2 aromatic heterocycles. The third-order valence-electron chi connectivity index (χ3n) is 3.12. The SMILES string of the molecule is CC(C)c1nc(Cn2cccc2CNC(C)(C)C)cs1. The second-order valence-corrected chi connectivity index (χ2v) is 7.45. The maximum Gasteiger partial charge on any atom is 0.0954 e. The first-order chi connectivity index (χ1) is 9.35. The lowest BCUT2D eigenvalue weighted by atomic mass is 10.1. The lowest BCUT2D eigenvalue weighted by Gasteiger charge is -2.21. The van der Waals surface area contributed by atoms with Crippen LogP contribution in [0.3, 0.4) is 0 Å². The summed E-state index contributed by atoms with van der Waals surface area (Å²) in [5.41, 5.74) is 2.60. The molecule has 0 aliphatic heterocycles. The summed E-state index contributed by atoms with van der Waals surface area (Å²) >= 11 is 1.76. The van der Waals surface area contributed by atoms with Crippen molar-refractivity contribution in [1.82, 2.24) is 14.9 Å². The van der Waals surface area contributed by atoms with E-state index in [0.29, 0.717) is 5.92 Å². The molecule has 1 N–H and O–H groups in total. The van der Waals surface area contributed by atoms with Gasteiger partial charge in [-0.25, -0.2) is 4.98 Å². The van der Waals surface area contributed by atoms with E-state index in [1.165, 1.54) is 10.7 Å². The Labute approximate surface area is 126 Å². The van der Waals surface area contributed by atoms with Gasteiger partial charge in [-0.1, -0.05) is 13.8 Å². The van der Waals surface area contributed by atoms with Crippen molar-refractivity contribution in [2.45, 2.75) is 59.2 Å². The molecule has 20 heavy (non-hydrogen) atoms. The quantitative estimate of drug-likeness (QED) is 0.902. The van der Waals surface area contributed by atoms with Crippen LogP contribution >= 0.6 is 11.3 Å². The summed E-state index contributed by atoms with van der Waals surface area (Å²) in [6.45, 7) is 12.7. The van der Waals surface area contributed by atoms with E-state index in [9.17, 15) is 0 Å². The minimum atomic E-state index is 0.139. The van der Waals surface area contributed by atoms with Gasteiger partial charge >= 0.3 is 0 Å². The van der Waals surface area contributed by atoms with Crippen LogP contribution in [0.15, 0.2) is 23.7 Å². The van der Waals surface area contributed by atoms with Gasteiger partial charge in [0.25, 0.3) is 0 Å².